The van der Waals surface area contributed by atoms with E-state index in [-0.39, 0.29) is 77.8 Å². The highest BCUT2D eigenvalue weighted by Gasteiger charge is 2.25. The fourth-order valence-corrected chi connectivity index (χ4v) is 9.47. The summed E-state index contributed by atoms with van der Waals surface area (Å²) >= 11 is 0. The molecule has 2 unspecified atom stereocenters. The highest BCUT2D eigenvalue weighted by Crippen LogP contribution is 2.37. The number of pyridine rings is 2. The number of likely N-dealkylation sites (N-methyl/N-ethyl adjacent to an activating group) is 2. The van der Waals surface area contributed by atoms with Crippen molar-refractivity contribution in [2.45, 2.75) is 98.9 Å². The highest BCUT2D eigenvalue weighted by molar-refractivity contribution is 5.97. The number of ether oxygens (including phenoxy) is 2. The van der Waals surface area contributed by atoms with Crippen LogP contribution in [0.5, 0.6) is 5.75 Å². The molecule has 1 saturated carbocycles. The number of phenols is 1. The number of rotatable bonds is 13. The Morgan fingerprint density at radius 2 is 1.19 bits per heavy atom. The number of hydrogen-bond acceptors (Lipinski definition) is 15. The molecule has 11 rings (SSSR count). The minimum absolute atomic E-state index is 0.0503. The van der Waals surface area contributed by atoms with Gasteiger partial charge < -0.3 is 55.9 Å². The Morgan fingerprint density at radius 3 is 1.64 bits per heavy atom. The molecule has 0 saturated heterocycles. The number of aromatic nitrogens is 2. The topological polar surface area (TPSA) is 299 Å². The smallest absolute Gasteiger partial charge is 0.332 e. The van der Waals surface area contributed by atoms with Gasteiger partial charge >= 0.3 is 5.97 Å². The average Bonchev–Trinajstić information content (AvgIpc) is 3.47. The third-order valence-electron chi connectivity index (χ3n) is 14.4. The van der Waals surface area contributed by atoms with Gasteiger partial charge in [-0.1, -0.05) is 78.3 Å². The molecule has 442 valence electrons. The molecule has 2 aromatic heterocycles. The summed E-state index contributed by atoms with van der Waals surface area (Å²) in [5, 5.41) is 48.5. The third-order valence-corrected chi connectivity index (χ3v) is 14.4. The molecule has 21 heteroatoms. The van der Waals surface area contributed by atoms with Gasteiger partial charge in [-0.25, -0.2) is 14.8 Å². The summed E-state index contributed by atoms with van der Waals surface area (Å²) in [5.41, 5.74) is 14.1. The van der Waals surface area contributed by atoms with E-state index in [1.165, 1.54) is 0 Å². The predicted octanol–water partition coefficient (Wildman–Crippen LogP) is 6.77. The molecule has 83 heavy (non-hydrogen) atoms. The molecule has 5 N–H and O–H groups in total. The van der Waals surface area contributed by atoms with Crippen LogP contribution in [0.3, 0.4) is 0 Å². The van der Waals surface area contributed by atoms with Gasteiger partial charge in [-0.3, -0.25) is 19.2 Å². The number of benzene rings is 3. The van der Waals surface area contributed by atoms with E-state index in [0.29, 0.717) is 68.1 Å². The quantitative estimate of drug-likeness (QED) is 0.0267. The first-order chi connectivity index (χ1) is 39.8. The van der Waals surface area contributed by atoms with Gasteiger partial charge in [-0.05, 0) is 155 Å². The molecular weight excluding hydrogens is 1060 g/mol. The molecule has 4 aliphatic heterocycles. The van der Waals surface area contributed by atoms with Gasteiger partial charge in [0.05, 0.1) is 6.61 Å². The average molecular weight is 1140 g/mol. The molecule has 6 heterocycles. The van der Waals surface area contributed by atoms with Gasteiger partial charge in [0, 0.05) is 81.3 Å². The van der Waals surface area contributed by atoms with Crippen LogP contribution in [0.1, 0.15) is 131 Å². The Hall–Kier alpha value is -8.52. The van der Waals surface area contributed by atoms with E-state index in [0.717, 1.165) is 66.8 Å². The lowest BCUT2D eigenvalue weighted by Crippen LogP contribution is -2.47. The fraction of sp³-hybridized carbons (Fsp3) is 0.435. The van der Waals surface area contributed by atoms with Crippen molar-refractivity contribution in [1.29, 1.82) is 0 Å². The van der Waals surface area contributed by atoms with Gasteiger partial charge in [0.25, 0.3) is 23.6 Å². The third kappa shape index (κ3) is 19.3. The predicted molar refractivity (Wildman–Crippen MR) is 313 cm³/mol. The Balaban J connectivity index is 0.000000222. The van der Waals surface area contributed by atoms with Crippen molar-refractivity contribution in [3.8, 4) is 5.75 Å². The number of nitrogens with zero attached hydrogens (tertiary/aromatic N) is 7. The summed E-state index contributed by atoms with van der Waals surface area (Å²) in [5.74, 6) is -1.22. The van der Waals surface area contributed by atoms with Crippen LogP contribution < -0.4 is 41.3 Å². The zero-order valence-electron chi connectivity index (χ0n) is 48.5. The van der Waals surface area contributed by atoms with Crippen molar-refractivity contribution < 1.29 is 48.8 Å². The van der Waals surface area contributed by atoms with E-state index in [4.69, 9.17) is 15.0 Å². The van der Waals surface area contributed by atoms with E-state index in [1.54, 1.807) is 49.4 Å². The van der Waals surface area contributed by atoms with E-state index in [9.17, 15) is 39.3 Å². The second-order valence-corrected chi connectivity index (χ2v) is 21.6. The lowest BCUT2D eigenvalue weighted by Gasteiger charge is -2.49. The molecule has 2 aliphatic carbocycles. The number of esters is 1. The van der Waals surface area contributed by atoms with Crippen molar-refractivity contribution in [2.75, 3.05) is 68.8 Å². The number of anilines is 2. The van der Waals surface area contributed by atoms with Gasteiger partial charge in [0.1, 0.15) is 40.7 Å². The second kappa shape index (κ2) is 31.1. The number of carbonyl (C=O) groups is 5. The normalized spacial score (nSPS) is 18.2. The molecule has 5 aromatic rings. The molecule has 8 bridgehead atoms. The van der Waals surface area contributed by atoms with Crippen molar-refractivity contribution in [3.63, 3.8) is 0 Å². The van der Waals surface area contributed by atoms with Crippen LogP contribution in [0.25, 0.3) is 16.0 Å². The first-order valence-electron chi connectivity index (χ1n) is 28.2. The Morgan fingerprint density at radius 1 is 0.723 bits per heavy atom. The van der Waals surface area contributed by atoms with Crippen molar-refractivity contribution in [1.82, 2.24) is 31.2 Å². The number of phenolic OH excluding ortho intramolecular Hbond substituents is 1. The molecule has 0 radical (unpaired) electrons. The van der Waals surface area contributed by atoms with Crippen LogP contribution in [0.4, 0.5) is 11.4 Å². The van der Waals surface area contributed by atoms with Crippen LogP contribution >= 0.6 is 0 Å². The van der Waals surface area contributed by atoms with Crippen LogP contribution in [-0.2, 0) is 27.4 Å². The van der Waals surface area contributed by atoms with Crippen LogP contribution in [0.2, 0.25) is 0 Å². The minimum Gasteiger partial charge on any atom is -0.875 e. The second-order valence-electron chi connectivity index (χ2n) is 21.6. The van der Waals surface area contributed by atoms with E-state index >= 15 is 0 Å². The molecule has 2 atom stereocenters. The number of aromatic hydroxyl groups is 1. The first-order valence-corrected chi connectivity index (χ1v) is 28.2. The molecule has 3 aromatic carbocycles. The Labute approximate surface area is 485 Å². The summed E-state index contributed by atoms with van der Waals surface area (Å²) in [7, 11) is 0. The van der Waals surface area contributed by atoms with Gasteiger partial charge in [0.15, 0.2) is 0 Å². The SMILES string of the molecule is CCN(CCN=[N+]=[N-])c1ccc(C)c(O)c1.CCN(CCOCC(=O)OC(C)(C)C)c1ccc(C2=C([O-])C(C)C2[O-])cc1.O=C1NCc2ccc(cc2)CNC(=O)c2cccc(n2)C(=O)NCC2CCC(CC2)CNC(=O)c2cccc1n2. The van der Waals surface area contributed by atoms with Gasteiger partial charge in [-0.15, -0.1) is 5.76 Å². The number of amides is 4. The lowest BCUT2D eigenvalue weighted by molar-refractivity contribution is -0.437. The number of aryl methyl sites for hydroxylation is 1. The largest absolute Gasteiger partial charge is 0.875 e. The Kier molecular flexibility index (Phi) is 23.8. The molecule has 4 amide bonds. The summed E-state index contributed by atoms with van der Waals surface area (Å²) in [4.78, 5) is 77.9. The van der Waals surface area contributed by atoms with Crippen molar-refractivity contribution in [3.05, 3.63) is 164 Å². The van der Waals surface area contributed by atoms with E-state index in [2.05, 4.69) is 46.2 Å². The number of azide groups is 1. The first kappa shape index (κ1) is 63.7. The molecule has 6 aliphatic rings. The highest BCUT2D eigenvalue weighted by atomic mass is 16.6. The summed E-state index contributed by atoms with van der Waals surface area (Å²) in [6.45, 7) is 18.3. The van der Waals surface area contributed by atoms with Gasteiger partial charge in [-0.2, -0.15) is 0 Å². The van der Waals surface area contributed by atoms with E-state index in [1.807, 2.05) is 107 Å². The zero-order valence-corrected chi connectivity index (χ0v) is 48.5. The van der Waals surface area contributed by atoms with Crippen LogP contribution in [0.15, 0.2) is 114 Å². The molecule has 21 nitrogen and oxygen atoms in total. The molecular formula is C62H77N11O10-2. The number of carbonyl (C=O) groups excluding carboxylic acids is 5. The van der Waals surface area contributed by atoms with Crippen LogP contribution in [-0.4, -0.2) is 115 Å². The maximum absolute atomic E-state index is 12.7. The monoisotopic (exact) mass is 1140 g/mol. The fourth-order valence-electron chi connectivity index (χ4n) is 9.47. The molecule has 1 fully saturated rings. The zero-order chi connectivity index (χ0) is 60.1. The summed E-state index contributed by atoms with van der Waals surface area (Å²) < 4.78 is 10.6. The minimum atomic E-state index is -0.924. The maximum Gasteiger partial charge on any atom is 0.332 e. The Bertz CT molecular complexity index is 2970. The van der Waals surface area contributed by atoms with E-state index < -0.39 is 17.6 Å². The summed E-state index contributed by atoms with van der Waals surface area (Å²) in [6.07, 6.45) is 2.82. The van der Waals surface area contributed by atoms with Crippen molar-refractivity contribution >= 4 is 46.5 Å². The summed E-state index contributed by atoms with van der Waals surface area (Å²) in [6, 6.07) is 30.1. The van der Waals surface area contributed by atoms with Gasteiger partial charge in [0.2, 0.25) is 0 Å². The maximum atomic E-state index is 12.7. The molecule has 0 spiro atoms. The lowest BCUT2D eigenvalue weighted by atomic mass is 9.78. The number of nitrogens with one attached hydrogen (secondary N) is 4. The van der Waals surface area contributed by atoms with Crippen LogP contribution in [0, 0.1) is 24.7 Å². The van der Waals surface area contributed by atoms with Crippen molar-refractivity contribution in [2.24, 2.45) is 22.9 Å². The number of hydrogen-bond donors (Lipinski definition) is 5. The standard InChI is InChI=1S/C30H32N6O4.C21H30NO5.C11H16N4O/c37-27-23-3-1-4-24(35-23)28(38)32-16-20-9-13-22(14-10-20)18-34-30(40)26-6-2-5-25(36-26)29(39)33-17-21-11-7-19(8-12-21)15-31-27;1-6-22(11-12-26-13-17(23)27-21(3,4)5)16-9-7-15(8-10-16)18-19(24)14(2)20(18)25;1-3-15(7-6-13-14-12)10-5-4-9(2)11(16)8-10/h1-8,11-12,20,22H,9-10,13-18H2,(H,31,37)(H,32,38)(H,33,39)(H,34,40);7-10,14,19,25H,6,11-13H2,1-5H3;4-5,8,16H,3,6-7H2,1-2H3/q;-1;/p-1.